The lowest BCUT2D eigenvalue weighted by atomic mass is 9.92. The standard InChI is InChI=1S/C23H27N7O/c1-5-29-13-25-28-20(29)16-7-6-8-18(26-16)30-12-15-14(21(30)31)11-17(23(4)9-10-23)27-19(15)22(2,3)24/h6-8,11,13H,5,9-10,12,24H2,1-4H3. The van der Waals surface area contributed by atoms with Gasteiger partial charge in [0.1, 0.15) is 17.8 Å². The molecule has 2 N–H and O–H groups in total. The first kappa shape index (κ1) is 19.8. The van der Waals surface area contributed by atoms with E-state index >= 15 is 0 Å². The van der Waals surface area contributed by atoms with Crippen LogP contribution in [0, 0.1) is 0 Å². The van der Waals surface area contributed by atoms with Gasteiger partial charge in [-0.1, -0.05) is 13.0 Å². The SMILES string of the molecule is CCn1cnnc1-c1cccc(N2Cc3c(cc(C4(C)CC4)nc3C(C)(C)N)C2=O)n1. The smallest absolute Gasteiger partial charge is 0.260 e. The zero-order valence-corrected chi connectivity index (χ0v) is 18.4. The summed E-state index contributed by atoms with van der Waals surface area (Å²) in [6, 6.07) is 7.60. The molecule has 5 rings (SSSR count). The third-order valence-corrected chi connectivity index (χ3v) is 6.34. The van der Waals surface area contributed by atoms with Crippen molar-refractivity contribution in [2.75, 3.05) is 4.90 Å². The lowest BCUT2D eigenvalue weighted by molar-refractivity contribution is 0.0996. The van der Waals surface area contributed by atoms with E-state index in [0.717, 1.165) is 36.3 Å². The highest BCUT2D eigenvalue weighted by molar-refractivity contribution is 6.10. The highest BCUT2D eigenvalue weighted by atomic mass is 16.2. The predicted octanol–water partition coefficient (Wildman–Crippen LogP) is 3.16. The number of amides is 1. The molecule has 4 heterocycles. The van der Waals surface area contributed by atoms with Crippen LogP contribution in [0.4, 0.5) is 5.82 Å². The number of rotatable bonds is 5. The van der Waals surface area contributed by atoms with Gasteiger partial charge in [-0.05, 0) is 51.8 Å². The fourth-order valence-corrected chi connectivity index (χ4v) is 4.15. The van der Waals surface area contributed by atoms with E-state index in [4.69, 9.17) is 15.7 Å². The second kappa shape index (κ2) is 6.68. The monoisotopic (exact) mass is 417 g/mol. The van der Waals surface area contributed by atoms with Gasteiger partial charge in [0.05, 0.1) is 17.8 Å². The van der Waals surface area contributed by atoms with Crippen molar-refractivity contribution in [2.45, 2.75) is 64.6 Å². The summed E-state index contributed by atoms with van der Waals surface area (Å²) >= 11 is 0. The maximum atomic E-state index is 13.5. The second-order valence-electron chi connectivity index (χ2n) is 9.38. The first-order chi connectivity index (χ1) is 14.7. The molecule has 0 spiro atoms. The summed E-state index contributed by atoms with van der Waals surface area (Å²) in [5.41, 5.74) is 9.92. The Balaban J connectivity index is 1.57. The minimum atomic E-state index is -0.644. The zero-order valence-electron chi connectivity index (χ0n) is 18.4. The maximum absolute atomic E-state index is 13.5. The number of aromatic nitrogens is 5. The average molecular weight is 418 g/mol. The molecule has 0 unspecified atom stereocenters. The number of nitrogens with two attached hydrogens (primary N) is 1. The van der Waals surface area contributed by atoms with Gasteiger partial charge in [-0.25, -0.2) is 4.98 Å². The van der Waals surface area contributed by atoms with Crippen LogP contribution >= 0.6 is 0 Å². The van der Waals surface area contributed by atoms with Crippen molar-refractivity contribution in [3.63, 3.8) is 0 Å². The fourth-order valence-electron chi connectivity index (χ4n) is 4.15. The van der Waals surface area contributed by atoms with E-state index in [2.05, 4.69) is 17.1 Å². The van der Waals surface area contributed by atoms with Crippen LogP contribution in [0.5, 0.6) is 0 Å². The topological polar surface area (TPSA) is 103 Å². The Hall–Kier alpha value is -3.13. The van der Waals surface area contributed by atoms with E-state index in [1.807, 2.05) is 49.6 Å². The third-order valence-electron chi connectivity index (χ3n) is 6.34. The van der Waals surface area contributed by atoms with Gasteiger partial charge in [0, 0.05) is 28.8 Å². The van der Waals surface area contributed by atoms with Crippen LogP contribution < -0.4 is 10.6 Å². The number of hydrogen-bond acceptors (Lipinski definition) is 6. The maximum Gasteiger partial charge on any atom is 0.260 e. The number of anilines is 1. The summed E-state index contributed by atoms with van der Waals surface area (Å²) in [6.45, 7) is 9.26. The first-order valence-corrected chi connectivity index (χ1v) is 10.7. The number of nitrogens with zero attached hydrogens (tertiary/aromatic N) is 6. The van der Waals surface area contributed by atoms with Crippen molar-refractivity contribution in [1.29, 1.82) is 0 Å². The molecule has 0 radical (unpaired) electrons. The van der Waals surface area contributed by atoms with E-state index in [1.54, 1.807) is 11.2 Å². The Morgan fingerprint density at radius 3 is 2.68 bits per heavy atom. The summed E-state index contributed by atoms with van der Waals surface area (Å²) in [5.74, 6) is 1.21. The first-order valence-electron chi connectivity index (χ1n) is 10.7. The summed E-state index contributed by atoms with van der Waals surface area (Å²) in [7, 11) is 0. The van der Waals surface area contributed by atoms with Crippen molar-refractivity contribution >= 4 is 11.7 Å². The number of carbonyl (C=O) groups is 1. The van der Waals surface area contributed by atoms with Gasteiger partial charge >= 0.3 is 0 Å². The summed E-state index contributed by atoms with van der Waals surface area (Å²) in [5, 5.41) is 8.19. The van der Waals surface area contributed by atoms with E-state index in [9.17, 15) is 4.79 Å². The highest BCUT2D eigenvalue weighted by Gasteiger charge is 2.44. The van der Waals surface area contributed by atoms with Gasteiger partial charge in [-0.15, -0.1) is 10.2 Å². The molecule has 8 nitrogen and oxygen atoms in total. The Bertz CT molecular complexity index is 1190. The van der Waals surface area contributed by atoms with Crippen LogP contribution in [-0.4, -0.2) is 30.6 Å². The van der Waals surface area contributed by atoms with Gasteiger partial charge < -0.3 is 10.3 Å². The molecule has 0 bridgehead atoms. The van der Waals surface area contributed by atoms with Crippen LogP contribution in [0.3, 0.4) is 0 Å². The van der Waals surface area contributed by atoms with Crippen molar-refractivity contribution in [3.05, 3.63) is 53.1 Å². The lowest BCUT2D eigenvalue weighted by Gasteiger charge is -2.23. The molecule has 2 aliphatic rings. The molecule has 1 fully saturated rings. The van der Waals surface area contributed by atoms with E-state index in [0.29, 0.717) is 29.4 Å². The Kier molecular flexibility index (Phi) is 4.27. The molecule has 1 amide bonds. The van der Waals surface area contributed by atoms with Crippen LogP contribution in [0.2, 0.25) is 0 Å². The quantitative estimate of drug-likeness (QED) is 0.684. The number of hydrogen-bond donors (Lipinski definition) is 1. The number of fused-ring (bicyclic) bond motifs is 1. The summed E-state index contributed by atoms with van der Waals surface area (Å²) < 4.78 is 1.92. The van der Waals surface area contributed by atoms with Crippen molar-refractivity contribution in [3.8, 4) is 11.5 Å². The number of aryl methyl sites for hydroxylation is 1. The molecular formula is C23H27N7O. The molecule has 0 aromatic carbocycles. The van der Waals surface area contributed by atoms with E-state index in [1.165, 1.54) is 0 Å². The Labute approximate surface area is 181 Å². The normalized spacial score (nSPS) is 17.2. The van der Waals surface area contributed by atoms with E-state index < -0.39 is 5.54 Å². The van der Waals surface area contributed by atoms with Crippen molar-refractivity contribution in [2.24, 2.45) is 5.73 Å². The van der Waals surface area contributed by atoms with Gasteiger partial charge in [0.2, 0.25) is 0 Å². The molecule has 3 aromatic heterocycles. The largest absolute Gasteiger partial charge is 0.321 e. The van der Waals surface area contributed by atoms with Crippen LogP contribution in [0.25, 0.3) is 11.5 Å². The number of pyridine rings is 2. The minimum Gasteiger partial charge on any atom is -0.321 e. The zero-order chi connectivity index (χ0) is 22.0. The molecule has 8 heteroatoms. The molecule has 1 saturated carbocycles. The van der Waals surface area contributed by atoms with Gasteiger partial charge in [0.15, 0.2) is 5.82 Å². The summed E-state index contributed by atoms with van der Waals surface area (Å²) in [4.78, 5) is 24.9. The number of carbonyl (C=O) groups excluding carboxylic acids is 1. The Morgan fingerprint density at radius 1 is 1.23 bits per heavy atom. The average Bonchev–Trinajstić information content (AvgIpc) is 3.18. The fraction of sp³-hybridized carbons (Fsp3) is 0.435. The molecule has 1 aliphatic carbocycles. The molecule has 31 heavy (non-hydrogen) atoms. The van der Waals surface area contributed by atoms with Crippen molar-refractivity contribution in [1.82, 2.24) is 24.7 Å². The third kappa shape index (κ3) is 3.22. The van der Waals surface area contributed by atoms with Crippen molar-refractivity contribution < 1.29 is 4.79 Å². The minimum absolute atomic E-state index is 0.0468. The van der Waals surface area contributed by atoms with Gasteiger partial charge in [-0.2, -0.15) is 0 Å². The lowest BCUT2D eigenvalue weighted by Crippen LogP contribution is -2.32. The molecule has 0 atom stereocenters. The molecular weight excluding hydrogens is 390 g/mol. The highest BCUT2D eigenvalue weighted by Crippen LogP contribution is 2.48. The molecule has 160 valence electrons. The molecule has 1 aliphatic heterocycles. The van der Waals surface area contributed by atoms with Gasteiger partial charge in [-0.3, -0.25) is 14.7 Å². The predicted molar refractivity (Wildman–Crippen MR) is 117 cm³/mol. The van der Waals surface area contributed by atoms with Crippen LogP contribution in [0.1, 0.15) is 67.8 Å². The van der Waals surface area contributed by atoms with Gasteiger partial charge in [0.25, 0.3) is 5.91 Å². The molecule has 0 saturated heterocycles. The Morgan fingerprint density at radius 2 is 2.00 bits per heavy atom. The summed E-state index contributed by atoms with van der Waals surface area (Å²) in [6.07, 6.45) is 3.85. The second-order valence-corrected chi connectivity index (χ2v) is 9.38. The van der Waals surface area contributed by atoms with Crippen LogP contribution in [-0.2, 0) is 24.0 Å². The van der Waals surface area contributed by atoms with E-state index in [-0.39, 0.29) is 11.3 Å². The van der Waals surface area contributed by atoms with Crippen LogP contribution in [0.15, 0.2) is 30.6 Å². The molecule has 3 aromatic rings.